The second kappa shape index (κ2) is 6.78. The van der Waals surface area contributed by atoms with Crippen molar-refractivity contribution < 1.29 is 9.47 Å². The fourth-order valence-corrected chi connectivity index (χ4v) is 2.10. The number of likely N-dealkylation sites (N-methyl/N-ethyl adjacent to an activating group) is 1. The van der Waals surface area contributed by atoms with Crippen LogP contribution in [0.25, 0.3) is 0 Å². The van der Waals surface area contributed by atoms with Crippen molar-refractivity contribution >= 4 is 0 Å². The standard InChI is InChI=1S/C15H24N2O2/c1-12(16)5-7-17(2)8-6-13-3-4-14-15(11-13)19-10-9-18-14/h3-4,11-12H,5-10,16H2,1-2H3. The van der Waals surface area contributed by atoms with E-state index in [-0.39, 0.29) is 6.04 Å². The molecule has 0 spiro atoms. The molecule has 0 aromatic heterocycles. The second-order valence-corrected chi connectivity index (χ2v) is 5.30. The molecule has 4 nitrogen and oxygen atoms in total. The van der Waals surface area contributed by atoms with E-state index in [9.17, 15) is 0 Å². The Hall–Kier alpha value is -1.26. The molecule has 4 heteroatoms. The molecular formula is C15H24N2O2. The highest BCUT2D eigenvalue weighted by molar-refractivity contribution is 5.43. The Morgan fingerprint density at radius 3 is 2.68 bits per heavy atom. The monoisotopic (exact) mass is 264 g/mol. The highest BCUT2D eigenvalue weighted by Gasteiger charge is 2.11. The summed E-state index contributed by atoms with van der Waals surface area (Å²) in [5, 5.41) is 0. The van der Waals surface area contributed by atoms with Crippen molar-refractivity contribution in [2.45, 2.75) is 25.8 Å². The predicted molar refractivity (Wildman–Crippen MR) is 76.9 cm³/mol. The van der Waals surface area contributed by atoms with Gasteiger partial charge in [0, 0.05) is 12.6 Å². The lowest BCUT2D eigenvalue weighted by atomic mass is 10.1. The number of ether oxygens (including phenoxy) is 2. The summed E-state index contributed by atoms with van der Waals surface area (Å²) in [5.74, 6) is 1.74. The molecule has 1 atom stereocenters. The van der Waals surface area contributed by atoms with Crippen LogP contribution in [0.5, 0.6) is 11.5 Å². The lowest BCUT2D eigenvalue weighted by molar-refractivity contribution is 0.171. The SMILES string of the molecule is CC(N)CCN(C)CCc1ccc2c(c1)OCCO2. The third-order valence-electron chi connectivity index (χ3n) is 3.35. The number of rotatable bonds is 6. The van der Waals surface area contributed by atoms with E-state index in [1.165, 1.54) is 5.56 Å². The van der Waals surface area contributed by atoms with Gasteiger partial charge in [-0.15, -0.1) is 0 Å². The number of fused-ring (bicyclic) bond motifs is 1. The minimum atomic E-state index is 0.275. The van der Waals surface area contributed by atoms with Crippen LogP contribution in [0.15, 0.2) is 18.2 Å². The average Bonchev–Trinajstić information content (AvgIpc) is 2.42. The first-order chi connectivity index (χ1) is 9.15. The van der Waals surface area contributed by atoms with Gasteiger partial charge in [-0.1, -0.05) is 6.07 Å². The Kier molecular flexibility index (Phi) is 5.05. The maximum Gasteiger partial charge on any atom is 0.161 e. The van der Waals surface area contributed by atoms with Crippen LogP contribution in [0, 0.1) is 0 Å². The van der Waals surface area contributed by atoms with E-state index >= 15 is 0 Å². The van der Waals surface area contributed by atoms with Crippen molar-refractivity contribution in [3.63, 3.8) is 0 Å². The van der Waals surface area contributed by atoms with Crippen molar-refractivity contribution in [2.24, 2.45) is 5.73 Å². The van der Waals surface area contributed by atoms with E-state index in [4.69, 9.17) is 15.2 Å². The smallest absolute Gasteiger partial charge is 0.161 e. The van der Waals surface area contributed by atoms with E-state index in [0.29, 0.717) is 13.2 Å². The first-order valence-corrected chi connectivity index (χ1v) is 6.98. The Bertz CT molecular complexity index is 407. The summed E-state index contributed by atoms with van der Waals surface area (Å²) in [6, 6.07) is 6.49. The normalized spacial score (nSPS) is 15.6. The van der Waals surface area contributed by atoms with E-state index in [2.05, 4.69) is 31.0 Å². The molecule has 1 unspecified atom stereocenters. The predicted octanol–water partition coefficient (Wildman–Crippen LogP) is 1.67. The molecule has 0 saturated heterocycles. The van der Waals surface area contributed by atoms with Gasteiger partial charge in [0.15, 0.2) is 11.5 Å². The van der Waals surface area contributed by atoms with Crippen molar-refractivity contribution in [1.82, 2.24) is 4.90 Å². The number of nitrogens with two attached hydrogens (primary N) is 1. The number of nitrogens with zero attached hydrogens (tertiary/aromatic N) is 1. The van der Waals surface area contributed by atoms with Crippen molar-refractivity contribution in [3.05, 3.63) is 23.8 Å². The molecule has 1 heterocycles. The maximum absolute atomic E-state index is 5.77. The van der Waals surface area contributed by atoms with E-state index in [1.807, 2.05) is 6.07 Å². The van der Waals surface area contributed by atoms with Gasteiger partial charge in [-0.3, -0.25) is 0 Å². The van der Waals surface area contributed by atoms with Gasteiger partial charge < -0.3 is 20.1 Å². The average molecular weight is 264 g/mol. The lowest BCUT2D eigenvalue weighted by Gasteiger charge is -2.20. The molecule has 106 valence electrons. The summed E-state index contributed by atoms with van der Waals surface area (Å²) in [6.45, 7) is 5.42. The minimum absolute atomic E-state index is 0.275. The number of benzene rings is 1. The van der Waals surface area contributed by atoms with Gasteiger partial charge >= 0.3 is 0 Å². The van der Waals surface area contributed by atoms with Gasteiger partial charge in [0.05, 0.1) is 0 Å². The fourth-order valence-electron chi connectivity index (χ4n) is 2.10. The molecule has 0 aliphatic carbocycles. The molecule has 1 aliphatic heterocycles. The molecule has 1 aliphatic rings. The van der Waals surface area contributed by atoms with Crippen LogP contribution in [-0.2, 0) is 6.42 Å². The summed E-state index contributed by atoms with van der Waals surface area (Å²) in [6.07, 6.45) is 2.06. The van der Waals surface area contributed by atoms with Gasteiger partial charge in [-0.2, -0.15) is 0 Å². The van der Waals surface area contributed by atoms with Crippen LogP contribution in [0.1, 0.15) is 18.9 Å². The quantitative estimate of drug-likeness (QED) is 0.849. The van der Waals surface area contributed by atoms with Gasteiger partial charge in [0.25, 0.3) is 0 Å². The van der Waals surface area contributed by atoms with Gasteiger partial charge in [-0.25, -0.2) is 0 Å². The fraction of sp³-hybridized carbons (Fsp3) is 0.600. The molecule has 1 aromatic rings. The Balaban J connectivity index is 1.82. The van der Waals surface area contributed by atoms with Crippen LogP contribution < -0.4 is 15.2 Å². The summed E-state index contributed by atoms with van der Waals surface area (Å²) in [5.41, 5.74) is 7.06. The van der Waals surface area contributed by atoms with Gasteiger partial charge in [0.2, 0.25) is 0 Å². The molecule has 0 bridgehead atoms. The molecular weight excluding hydrogens is 240 g/mol. The molecule has 0 saturated carbocycles. The Morgan fingerprint density at radius 2 is 1.95 bits per heavy atom. The number of hydrogen-bond acceptors (Lipinski definition) is 4. The van der Waals surface area contributed by atoms with E-state index in [1.54, 1.807) is 0 Å². The minimum Gasteiger partial charge on any atom is -0.486 e. The van der Waals surface area contributed by atoms with E-state index in [0.717, 1.165) is 37.4 Å². The third-order valence-corrected chi connectivity index (χ3v) is 3.35. The van der Waals surface area contributed by atoms with Crippen LogP contribution in [0.3, 0.4) is 0 Å². The summed E-state index contributed by atoms with van der Waals surface area (Å²) < 4.78 is 11.1. The Morgan fingerprint density at radius 1 is 1.21 bits per heavy atom. The lowest BCUT2D eigenvalue weighted by Crippen LogP contribution is -2.27. The topological polar surface area (TPSA) is 47.7 Å². The first kappa shape index (κ1) is 14.2. The summed E-state index contributed by atoms with van der Waals surface area (Å²) in [7, 11) is 2.14. The van der Waals surface area contributed by atoms with Crippen molar-refractivity contribution in [2.75, 3.05) is 33.4 Å². The van der Waals surface area contributed by atoms with Crippen molar-refractivity contribution in [1.29, 1.82) is 0 Å². The van der Waals surface area contributed by atoms with Crippen molar-refractivity contribution in [3.8, 4) is 11.5 Å². The third kappa shape index (κ3) is 4.40. The Labute approximate surface area is 115 Å². The van der Waals surface area contributed by atoms with E-state index < -0.39 is 0 Å². The zero-order valence-corrected chi connectivity index (χ0v) is 11.9. The molecule has 0 fully saturated rings. The largest absolute Gasteiger partial charge is 0.486 e. The zero-order valence-electron chi connectivity index (χ0n) is 11.9. The molecule has 19 heavy (non-hydrogen) atoms. The molecule has 2 N–H and O–H groups in total. The van der Waals surface area contributed by atoms with Crippen LogP contribution in [0.2, 0.25) is 0 Å². The van der Waals surface area contributed by atoms with Gasteiger partial charge in [0.1, 0.15) is 13.2 Å². The van der Waals surface area contributed by atoms with Crippen LogP contribution >= 0.6 is 0 Å². The maximum atomic E-state index is 5.77. The first-order valence-electron chi connectivity index (χ1n) is 6.98. The molecule has 1 aromatic carbocycles. The second-order valence-electron chi connectivity index (χ2n) is 5.30. The summed E-state index contributed by atoms with van der Waals surface area (Å²) >= 11 is 0. The molecule has 0 amide bonds. The molecule has 0 radical (unpaired) electrons. The highest BCUT2D eigenvalue weighted by Crippen LogP contribution is 2.30. The number of hydrogen-bond donors (Lipinski definition) is 1. The highest BCUT2D eigenvalue weighted by atomic mass is 16.6. The van der Waals surface area contributed by atoms with Gasteiger partial charge in [-0.05, 0) is 51.1 Å². The molecule has 2 rings (SSSR count). The summed E-state index contributed by atoms with van der Waals surface area (Å²) in [4.78, 5) is 2.32. The zero-order chi connectivity index (χ0) is 13.7. The van der Waals surface area contributed by atoms with Crippen LogP contribution in [-0.4, -0.2) is 44.3 Å². The van der Waals surface area contributed by atoms with Crippen LogP contribution in [0.4, 0.5) is 0 Å².